The van der Waals surface area contributed by atoms with Crippen molar-refractivity contribution in [1.29, 1.82) is 0 Å². The summed E-state index contributed by atoms with van der Waals surface area (Å²) in [5.41, 5.74) is 0. The first-order valence-electron chi connectivity index (χ1n) is 6.12. The molecule has 2 rings (SSSR count). The Morgan fingerprint density at radius 2 is 2.32 bits per heavy atom. The average molecular weight is 282 g/mol. The van der Waals surface area contributed by atoms with E-state index in [1.807, 2.05) is 6.92 Å². The lowest BCUT2D eigenvalue weighted by molar-refractivity contribution is 0.105. The molecule has 1 aromatic carbocycles. The number of rotatable bonds is 6. The van der Waals surface area contributed by atoms with Gasteiger partial charge < -0.3 is 9.84 Å². The molecule has 0 radical (unpaired) electrons. The summed E-state index contributed by atoms with van der Waals surface area (Å²) in [4.78, 5) is 4.11. The van der Waals surface area contributed by atoms with Gasteiger partial charge in [-0.3, -0.25) is 4.68 Å². The quantitative estimate of drug-likeness (QED) is 0.879. The largest absolute Gasteiger partial charge is 0.491 e. The lowest BCUT2D eigenvalue weighted by Gasteiger charge is -2.12. The van der Waals surface area contributed by atoms with E-state index in [1.54, 1.807) is 28.9 Å². The van der Waals surface area contributed by atoms with Crippen molar-refractivity contribution in [2.45, 2.75) is 26.0 Å². The molecular weight excluding hydrogens is 266 g/mol. The first-order chi connectivity index (χ1) is 9.19. The van der Waals surface area contributed by atoms with Gasteiger partial charge in [0.25, 0.3) is 0 Å². The molecule has 2 aromatic rings. The highest BCUT2D eigenvalue weighted by Gasteiger charge is 2.11. The van der Waals surface area contributed by atoms with Gasteiger partial charge in [-0.25, -0.2) is 4.98 Å². The van der Waals surface area contributed by atoms with Gasteiger partial charge in [0, 0.05) is 18.0 Å². The Balaban J connectivity index is 1.86. The average Bonchev–Trinajstić information content (AvgIpc) is 2.84. The fourth-order valence-electron chi connectivity index (χ4n) is 1.73. The lowest BCUT2D eigenvalue weighted by Crippen LogP contribution is -2.22. The first-order valence-corrected chi connectivity index (χ1v) is 6.50. The lowest BCUT2D eigenvalue weighted by atomic mass is 10.2. The Kier molecular flexibility index (Phi) is 4.76. The van der Waals surface area contributed by atoms with E-state index in [-0.39, 0.29) is 6.61 Å². The fraction of sp³-hybridized carbons (Fsp3) is 0.385. The Morgan fingerprint density at radius 1 is 1.47 bits per heavy atom. The molecule has 5 nitrogen and oxygen atoms in total. The zero-order valence-corrected chi connectivity index (χ0v) is 11.4. The third-order valence-corrected chi connectivity index (χ3v) is 2.89. The summed E-state index contributed by atoms with van der Waals surface area (Å²) in [6, 6.07) is 7.09. The van der Waals surface area contributed by atoms with Crippen molar-refractivity contribution in [3.8, 4) is 5.75 Å². The van der Waals surface area contributed by atoms with Crippen LogP contribution in [0.2, 0.25) is 5.02 Å². The highest BCUT2D eigenvalue weighted by Crippen LogP contribution is 2.17. The van der Waals surface area contributed by atoms with Gasteiger partial charge >= 0.3 is 0 Å². The molecule has 0 aliphatic carbocycles. The predicted octanol–water partition coefficient (Wildman–Crippen LogP) is 1.93. The molecule has 1 N–H and O–H groups in total. The molecule has 0 saturated carbocycles. The summed E-state index contributed by atoms with van der Waals surface area (Å²) >= 11 is 5.85. The number of aryl methyl sites for hydroxylation is 1. The third-order valence-electron chi connectivity index (χ3n) is 2.65. The maximum Gasteiger partial charge on any atom is 0.138 e. The van der Waals surface area contributed by atoms with Crippen LogP contribution in [-0.2, 0) is 13.0 Å². The molecule has 19 heavy (non-hydrogen) atoms. The minimum absolute atomic E-state index is 0.191. The van der Waals surface area contributed by atoms with Crippen LogP contribution in [0.5, 0.6) is 5.75 Å². The van der Waals surface area contributed by atoms with Crippen molar-refractivity contribution in [2.75, 3.05) is 6.61 Å². The molecule has 0 aliphatic heterocycles. The molecule has 0 bridgehead atoms. The molecule has 1 atom stereocenters. The second-order valence-electron chi connectivity index (χ2n) is 4.12. The number of benzene rings is 1. The SMILES string of the molecule is CCn1ncnc1CC(O)COc1cccc(Cl)c1. The molecule has 0 amide bonds. The number of hydrogen-bond donors (Lipinski definition) is 1. The zero-order chi connectivity index (χ0) is 13.7. The van der Waals surface area contributed by atoms with Crippen LogP contribution < -0.4 is 4.74 Å². The molecule has 0 saturated heterocycles. The van der Waals surface area contributed by atoms with E-state index in [2.05, 4.69) is 10.1 Å². The molecule has 1 aromatic heterocycles. The fourth-order valence-corrected chi connectivity index (χ4v) is 1.91. The molecule has 1 heterocycles. The second-order valence-corrected chi connectivity index (χ2v) is 4.55. The van der Waals surface area contributed by atoms with Crippen LogP contribution in [0.3, 0.4) is 0 Å². The topological polar surface area (TPSA) is 60.2 Å². The number of aliphatic hydroxyl groups excluding tert-OH is 1. The van der Waals surface area contributed by atoms with Crippen molar-refractivity contribution >= 4 is 11.6 Å². The summed E-state index contributed by atoms with van der Waals surface area (Å²) in [6.45, 7) is 2.90. The van der Waals surface area contributed by atoms with Gasteiger partial charge in [0.05, 0.1) is 6.10 Å². The first kappa shape index (κ1) is 13.8. The maximum atomic E-state index is 9.93. The predicted molar refractivity (Wildman–Crippen MR) is 72.4 cm³/mol. The molecule has 102 valence electrons. The number of nitrogens with zero attached hydrogens (tertiary/aromatic N) is 3. The van der Waals surface area contributed by atoms with Gasteiger partial charge in [0.2, 0.25) is 0 Å². The number of aromatic nitrogens is 3. The standard InChI is InChI=1S/C13H16ClN3O2/c1-2-17-13(15-9-16-17)7-11(18)8-19-12-5-3-4-10(14)6-12/h3-6,9,11,18H,2,7-8H2,1H3. The van der Waals surface area contributed by atoms with Crippen LogP contribution in [0, 0.1) is 0 Å². The Labute approximate surface area is 116 Å². The summed E-state index contributed by atoms with van der Waals surface area (Å²) in [6.07, 6.45) is 1.27. The van der Waals surface area contributed by atoms with Gasteiger partial charge in [0.15, 0.2) is 0 Å². The van der Waals surface area contributed by atoms with Gasteiger partial charge in [-0.05, 0) is 25.1 Å². The number of aliphatic hydroxyl groups is 1. The van der Waals surface area contributed by atoms with Crippen LogP contribution in [-0.4, -0.2) is 32.6 Å². The summed E-state index contributed by atoms with van der Waals surface area (Å²) in [5.74, 6) is 1.40. The molecule has 6 heteroatoms. The summed E-state index contributed by atoms with van der Waals surface area (Å²) < 4.78 is 7.23. The highest BCUT2D eigenvalue weighted by atomic mass is 35.5. The number of ether oxygens (including phenoxy) is 1. The van der Waals surface area contributed by atoms with Crippen LogP contribution in [0.4, 0.5) is 0 Å². The van der Waals surface area contributed by atoms with Crippen LogP contribution in [0.25, 0.3) is 0 Å². The van der Waals surface area contributed by atoms with E-state index in [9.17, 15) is 5.11 Å². The van der Waals surface area contributed by atoms with Crippen molar-refractivity contribution in [3.63, 3.8) is 0 Å². The van der Waals surface area contributed by atoms with Crippen LogP contribution in [0.1, 0.15) is 12.7 Å². The third kappa shape index (κ3) is 3.94. The van der Waals surface area contributed by atoms with Crippen molar-refractivity contribution < 1.29 is 9.84 Å². The Morgan fingerprint density at radius 3 is 3.05 bits per heavy atom. The highest BCUT2D eigenvalue weighted by molar-refractivity contribution is 6.30. The summed E-state index contributed by atoms with van der Waals surface area (Å²) in [7, 11) is 0. The normalized spacial score (nSPS) is 12.4. The van der Waals surface area contributed by atoms with E-state index in [0.29, 0.717) is 17.2 Å². The second kappa shape index (κ2) is 6.54. The van der Waals surface area contributed by atoms with Crippen LogP contribution >= 0.6 is 11.6 Å². The monoisotopic (exact) mass is 281 g/mol. The van der Waals surface area contributed by atoms with Crippen molar-refractivity contribution in [3.05, 3.63) is 41.4 Å². The molecule has 0 fully saturated rings. The minimum atomic E-state index is -0.631. The van der Waals surface area contributed by atoms with Gasteiger partial charge in [-0.1, -0.05) is 17.7 Å². The molecule has 1 unspecified atom stereocenters. The van der Waals surface area contributed by atoms with E-state index in [1.165, 1.54) is 6.33 Å². The number of halogens is 1. The molecular formula is C13H16ClN3O2. The Hall–Kier alpha value is -1.59. The minimum Gasteiger partial charge on any atom is -0.491 e. The van der Waals surface area contributed by atoms with E-state index in [0.717, 1.165) is 12.4 Å². The van der Waals surface area contributed by atoms with E-state index < -0.39 is 6.10 Å². The van der Waals surface area contributed by atoms with E-state index in [4.69, 9.17) is 16.3 Å². The van der Waals surface area contributed by atoms with Crippen molar-refractivity contribution in [1.82, 2.24) is 14.8 Å². The van der Waals surface area contributed by atoms with E-state index >= 15 is 0 Å². The maximum absolute atomic E-state index is 9.93. The number of hydrogen-bond acceptors (Lipinski definition) is 4. The smallest absolute Gasteiger partial charge is 0.138 e. The zero-order valence-electron chi connectivity index (χ0n) is 10.7. The Bertz CT molecular complexity index is 530. The van der Waals surface area contributed by atoms with Gasteiger partial charge in [-0.2, -0.15) is 5.10 Å². The molecule has 0 aliphatic rings. The molecule has 0 spiro atoms. The van der Waals surface area contributed by atoms with Gasteiger partial charge in [0.1, 0.15) is 24.5 Å². The van der Waals surface area contributed by atoms with Crippen molar-refractivity contribution in [2.24, 2.45) is 0 Å². The van der Waals surface area contributed by atoms with Crippen LogP contribution in [0.15, 0.2) is 30.6 Å². The van der Waals surface area contributed by atoms with Gasteiger partial charge in [-0.15, -0.1) is 0 Å². The summed E-state index contributed by atoms with van der Waals surface area (Å²) in [5, 5.41) is 14.6.